The molecule has 0 saturated carbocycles. The molecule has 1 aliphatic heterocycles. The van der Waals surface area contributed by atoms with Crippen molar-refractivity contribution in [2.24, 2.45) is 0 Å². The Morgan fingerprint density at radius 2 is 1.97 bits per heavy atom. The predicted molar refractivity (Wildman–Crippen MR) is 125 cm³/mol. The van der Waals surface area contributed by atoms with Gasteiger partial charge >= 0.3 is 10.1 Å². The summed E-state index contributed by atoms with van der Waals surface area (Å²) in [5.41, 5.74) is -1.10. The van der Waals surface area contributed by atoms with Crippen LogP contribution in [0.2, 0.25) is 0 Å². The quantitative estimate of drug-likeness (QED) is 0.404. The first kappa shape index (κ1) is 24.5. The van der Waals surface area contributed by atoms with E-state index in [1.54, 1.807) is 7.05 Å². The number of phenols is 2. The van der Waals surface area contributed by atoms with Gasteiger partial charge in [-0.25, -0.2) is 4.39 Å². The van der Waals surface area contributed by atoms with Crippen LogP contribution < -0.4 is 9.61 Å². The number of hydrogen-bond acceptors (Lipinski definition) is 9. The summed E-state index contributed by atoms with van der Waals surface area (Å²) in [5, 5.41) is 30.7. The Morgan fingerprint density at radius 1 is 1.26 bits per heavy atom. The van der Waals surface area contributed by atoms with Gasteiger partial charge in [-0.3, -0.25) is 4.79 Å². The van der Waals surface area contributed by atoms with Crippen molar-refractivity contribution in [3.63, 3.8) is 0 Å². The molecule has 0 radical (unpaired) electrons. The molecule has 3 aromatic rings. The van der Waals surface area contributed by atoms with Crippen LogP contribution in [0.25, 0.3) is 22.3 Å². The van der Waals surface area contributed by atoms with E-state index in [1.165, 1.54) is 6.07 Å². The lowest BCUT2D eigenvalue weighted by Crippen LogP contribution is -2.32. The van der Waals surface area contributed by atoms with Crippen LogP contribution in [0, 0.1) is 5.82 Å². The van der Waals surface area contributed by atoms with Crippen molar-refractivity contribution in [2.45, 2.75) is 18.4 Å². The molecule has 4 rings (SSSR count). The molecular weight excluding hydrogens is 537 g/mol. The zero-order chi connectivity index (χ0) is 24.9. The number of likely N-dealkylation sites (N-methyl/N-ethyl adjacent to an activating group) is 1. The normalized spacial score (nSPS) is 19.1. The maximum atomic E-state index is 14.1. The van der Waals surface area contributed by atoms with Gasteiger partial charge in [-0.05, 0) is 38.2 Å². The van der Waals surface area contributed by atoms with E-state index in [9.17, 15) is 32.9 Å². The lowest BCUT2D eigenvalue weighted by molar-refractivity contribution is 0.172. The van der Waals surface area contributed by atoms with Crippen molar-refractivity contribution in [1.82, 2.24) is 4.90 Å². The molecule has 0 amide bonds. The molecule has 0 spiro atoms. The highest BCUT2D eigenvalue weighted by Gasteiger charge is 2.37. The minimum atomic E-state index is -4.23. The third kappa shape index (κ3) is 4.26. The van der Waals surface area contributed by atoms with Gasteiger partial charge in [0.15, 0.2) is 5.76 Å². The zero-order valence-electron chi connectivity index (χ0n) is 18.1. The van der Waals surface area contributed by atoms with E-state index in [2.05, 4.69) is 15.9 Å². The monoisotopic (exact) mass is 557 g/mol. The first-order chi connectivity index (χ1) is 15.9. The molecule has 0 aliphatic carbocycles. The second kappa shape index (κ2) is 8.84. The Labute approximate surface area is 202 Å². The molecule has 34 heavy (non-hydrogen) atoms. The number of halogens is 2. The highest BCUT2D eigenvalue weighted by molar-refractivity contribution is 9.10. The predicted octanol–water partition coefficient (Wildman–Crippen LogP) is 2.89. The summed E-state index contributed by atoms with van der Waals surface area (Å²) in [6.07, 6.45) is 1.23. The van der Waals surface area contributed by atoms with Gasteiger partial charge in [0.1, 0.15) is 28.3 Å². The number of rotatable bonds is 5. The van der Waals surface area contributed by atoms with Crippen molar-refractivity contribution in [1.29, 1.82) is 0 Å². The number of phenolic OH excluding ortho intramolecular Hbond substituents is 2. The molecule has 1 fully saturated rings. The van der Waals surface area contributed by atoms with E-state index in [-0.39, 0.29) is 33.5 Å². The lowest BCUT2D eigenvalue weighted by Gasteiger charge is -2.24. The van der Waals surface area contributed by atoms with Gasteiger partial charge in [0, 0.05) is 33.6 Å². The molecule has 3 N–H and O–H groups in total. The minimum Gasteiger partial charge on any atom is -0.507 e. The number of aliphatic hydroxyl groups is 1. The fourth-order valence-corrected chi connectivity index (χ4v) is 5.26. The summed E-state index contributed by atoms with van der Waals surface area (Å²) in [4.78, 5) is 15.3. The average molecular weight is 558 g/mol. The van der Waals surface area contributed by atoms with Gasteiger partial charge in [-0.15, -0.1) is 0 Å². The van der Waals surface area contributed by atoms with E-state index in [0.29, 0.717) is 13.0 Å². The van der Waals surface area contributed by atoms with Crippen LogP contribution in [-0.4, -0.2) is 61.1 Å². The van der Waals surface area contributed by atoms with E-state index in [1.807, 2.05) is 4.90 Å². The summed E-state index contributed by atoms with van der Waals surface area (Å²) in [5.74, 6) is -3.37. The smallest absolute Gasteiger partial charge is 0.306 e. The summed E-state index contributed by atoms with van der Waals surface area (Å²) in [6.45, 7) is 0.338. The number of fused-ring (bicyclic) bond motifs is 1. The molecule has 1 aromatic heterocycles. The van der Waals surface area contributed by atoms with Crippen LogP contribution in [0.15, 0.2) is 37.9 Å². The van der Waals surface area contributed by atoms with Crippen LogP contribution >= 0.6 is 15.9 Å². The number of benzene rings is 2. The fourth-order valence-electron chi connectivity index (χ4n) is 4.38. The SMILES string of the molecule is CN1CCC(c2c(O)cc(O)c3c(=O)c(OS(C)(=O)=O)c(-c4cc(F)ccc4Br)oc23)C1CO. The molecule has 182 valence electrons. The summed E-state index contributed by atoms with van der Waals surface area (Å²) in [6, 6.07) is 4.05. The highest BCUT2D eigenvalue weighted by Crippen LogP contribution is 2.46. The molecule has 0 bridgehead atoms. The van der Waals surface area contributed by atoms with Gasteiger partial charge in [0.25, 0.3) is 0 Å². The van der Waals surface area contributed by atoms with Gasteiger partial charge in [-0.2, -0.15) is 8.42 Å². The Bertz CT molecular complexity index is 1460. The van der Waals surface area contributed by atoms with Crippen LogP contribution in [0.1, 0.15) is 17.9 Å². The van der Waals surface area contributed by atoms with Crippen molar-refractivity contribution in [3.8, 4) is 28.6 Å². The molecule has 12 heteroatoms. The lowest BCUT2D eigenvalue weighted by atomic mass is 9.89. The Kier molecular flexibility index (Phi) is 6.36. The molecule has 2 heterocycles. The summed E-state index contributed by atoms with van der Waals surface area (Å²) >= 11 is 3.24. The van der Waals surface area contributed by atoms with Gasteiger partial charge in [0.2, 0.25) is 11.2 Å². The van der Waals surface area contributed by atoms with Crippen molar-refractivity contribution in [2.75, 3.05) is 26.5 Å². The van der Waals surface area contributed by atoms with E-state index < -0.39 is 56.0 Å². The summed E-state index contributed by atoms with van der Waals surface area (Å²) in [7, 11) is -2.43. The molecule has 2 unspecified atom stereocenters. The third-order valence-corrected chi connectivity index (χ3v) is 7.07. The molecular formula is C22H21BrFNO8S. The highest BCUT2D eigenvalue weighted by atomic mass is 79.9. The maximum Gasteiger partial charge on any atom is 0.306 e. The van der Waals surface area contributed by atoms with Crippen molar-refractivity contribution < 1.29 is 36.7 Å². The van der Waals surface area contributed by atoms with Crippen LogP contribution in [0.3, 0.4) is 0 Å². The average Bonchev–Trinajstić information content (AvgIpc) is 3.10. The number of aliphatic hydroxyl groups excluding tert-OH is 1. The summed E-state index contributed by atoms with van der Waals surface area (Å²) < 4.78 is 49.1. The topological polar surface area (TPSA) is 138 Å². The number of nitrogens with zero attached hydrogens (tertiary/aromatic N) is 1. The van der Waals surface area contributed by atoms with Gasteiger partial charge in [0.05, 0.1) is 12.9 Å². The van der Waals surface area contributed by atoms with Crippen molar-refractivity contribution >= 4 is 37.0 Å². The minimum absolute atomic E-state index is 0.0197. The van der Waals surface area contributed by atoms with Crippen LogP contribution in [-0.2, 0) is 10.1 Å². The van der Waals surface area contributed by atoms with E-state index in [0.717, 1.165) is 24.5 Å². The van der Waals surface area contributed by atoms with Gasteiger partial charge in [-0.1, -0.05) is 15.9 Å². The second-order valence-corrected chi connectivity index (χ2v) is 10.6. The zero-order valence-corrected chi connectivity index (χ0v) is 20.5. The van der Waals surface area contributed by atoms with Gasteiger partial charge < -0.3 is 28.8 Å². The molecule has 1 aliphatic rings. The first-order valence-corrected chi connectivity index (χ1v) is 12.8. The van der Waals surface area contributed by atoms with Crippen molar-refractivity contribution in [3.05, 3.63) is 50.3 Å². The van der Waals surface area contributed by atoms with E-state index >= 15 is 0 Å². The number of aromatic hydroxyl groups is 2. The second-order valence-electron chi connectivity index (χ2n) is 8.16. The van der Waals surface area contributed by atoms with Crippen LogP contribution in [0.4, 0.5) is 4.39 Å². The van der Waals surface area contributed by atoms with Crippen LogP contribution in [0.5, 0.6) is 17.2 Å². The first-order valence-electron chi connectivity index (χ1n) is 10.1. The number of likely N-dealkylation sites (tertiary alicyclic amines) is 1. The maximum absolute atomic E-state index is 14.1. The Morgan fingerprint density at radius 3 is 2.62 bits per heavy atom. The molecule has 2 aromatic carbocycles. The fraction of sp³-hybridized carbons (Fsp3) is 0.318. The molecule has 2 atom stereocenters. The Hall–Kier alpha value is -2.67. The molecule has 1 saturated heterocycles. The standard InChI is InChI=1S/C22H21BrFNO8S/c1-25-6-5-11(14(25)9-26)17-15(27)8-16(28)18-19(29)22(33-34(2,30)31)20(32-21(17)18)12-7-10(24)3-4-13(12)23/h3-4,7-8,11,14,26-28H,5-6,9H2,1-2H3. The van der Waals surface area contributed by atoms with E-state index in [4.69, 9.17) is 8.60 Å². The number of hydrogen-bond donors (Lipinski definition) is 3. The largest absolute Gasteiger partial charge is 0.507 e. The Balaban J connectivity index is 2.15. The molecule has 9 nitrogen and oxygen atoms in total. The third-order valence-electron chi connectivity index (χ3n) is 5.91.